The van der Waals surface area contributed by atoms with Gasteiger partial charge in [0.2, 0.25) is 0 Å². The standard InChI is InChI=1S/C14H16N2O4S.C2HF3O2/c1-9-3-5-11(6-4-9)21(19,20)16-8-7-12(14(17)18)13(16)10(2)15;3-2(4,5)1(6)7/h3-8,10H,15H2,1-2H3,(H,17,18);(H,6,7)/t10-;/m1./s1. The summed E-state index contributed by atoms with van der Waals surface area (Å²) >= 11 is 0. The maximum atomic E-state index is 12.6. The van der Waals surface area contributed by atoms with Crippen LogP contribution >= 0.6 is 0 Å². The summed E-state index contributed by atoms with van der Waals surface area (Å²) in [5.74, 6) is -3.97. The van der Waals surface area contributed by atoms with E-state index in [0.717, 1.165) is 9.54 Å². The monoisotopic (exact) mass is 422 g/mol. The minimum atomic E-state index is -5.08. The molecule has 0 fully saturated rings. The number of carboxylic acids is 2. The Labute approximate surface area is 158 Å². The van der Waals surface area contributed by atoms with Gasteiger partial charge in [-0.15, -0.1) is 0 Å². The van der Waals surface area contributed by atoms with Gasteiger partial charge in [-0.2, -0.15) is 13.2 Å². The third-order valence-electron chi connectivity index (χ3n) is 3.37. The topological polar surface area (TPSA) is 140 Å². The number of carboxylic acid groups (broad SMARTS) is 2. The molecule has 2 rings (SSSR count). The lowest BCUT2D eigenvalue weighted by Gasteiger charge is -2.14. The molecule has 0 radical (unpaired) electrons. The first-order valence-electron chi connectivity index (χ1n) is 7.52. The van der Waals surface area contributed by atoms with Crippen LogP contribution in [0.4, 0.5) is 13.2 Å². The highest BCUT2D eigenvalue weighted by Crippen LogP contribution is 2.24. The predicted octanol–water partition coefficient (Wildman–Crippen LogP) is 2.38. The molecule has 154 valence electrons. The number of halogens is 3. The predicted molar refractivity (Wildman–Crippen MR) is 91.4 cm³/mol. The van der Waals surface area contributed by atoms with E-state index in [2.05, 4.69) is 0 Å². The van der Waals surface area contributed by atoms with Crippen LogP contribution in [0.15, 0.2) is 41.4 Å². The second-order valence-electron chi connectivity index (χ2n) is 5.63. The number of aliphatic carboxylic acids is 1. The zero-order valence-electron chi connectivity index (χ0n) is 14.6. The summed E-state index contributed by atoms with van der Waals surface area (Å²) in [6.07, 6.45) is -3.86. The van der Waals surface area contributed by atoms with Gasteiger partial charge in [-0.25, -0.2) is 22.0 Å². The smallest absolute Gasteiger partial charge is 0.478 e. The SMILES string of the molecule is Cc1ccc(S(=O)(=O)n2ccc(C(=O)O)c2[C@@H](C)N)cc1.O=C(O)C(F)(F)F. The van der Waals surface area contributed by atoms with E-state index < -0.39 is 34.2 Å². The molecule has 8 nitrogen and oxygen atoms in total. The number of alkyl halides is 3. The van der Waals surface area contributed by atoms with Gasteiger partial charge in [0, 0.05) is 12.2 Å². The molecular weight excluding hydrogens is 405 g/mol. The zero-order valence-corrected chi connectivity index (χ0v) is 15.5. The third kappa shape index (κ3) is 5.33. The van der Waals surface area contributed by atoms with Crippen LogP contribution in [0.5, 0.6) is 0 Å². The number of hydrogen-bond acceptors (Lipinski definition) is 5. The average Bonchev–Trinajstić information content (AvgIpc) is 3.01. The first kappa shape index (κ1) is 23.2. The Morgan fingerprint density at radius 2 is 1.57 bits per heavy atom. The zero-order chi connectivity index (χ0) is 21.9. The lowest BCUT2D eigenvalue weighted by Crippen LogP contribution is -2.21. The van der Waals surface area contributed by atoms with Crippen molar-refractivity contribution in [3.63, 3.8) is 0 Å². The highest BCUT2D eigenvalue weighted by Gasteiger charge is 2.38. The molecule has 1 aromatic carbocycles. The van der Waals surface area contributed by atoms with E-state index in [-0.39, 0.29) is 16.2 Å². The van der Waals surface area contributed by atoms with E-state index in [1.165, 1.54) is 24.4 Å². The summed E-state index contributed by atoms with van der Waals surface area (Å²) < 4.78 is 57.9. The summed E-state index contributed by atoms with van der Waals surface area (Å²) in [5, 5.41) is 16.3. The summed E-state index contributed by atoms with van der Waals surface area (Å²) in [7, 11) is -3.87. The molecule has 0 saturated carbocycles. The number of rotatable bonds is 4. The summed E-state index contributed by atoms with van der Waals surface area (Å²) in [5.41, 5.74) is 6.63. The van der Waals surface area contributed by atoms with Crippen LogP contribution in [0.1, 0.15) is 34.6 Å². The number of aromatic carboxylic acids is 1. The molecule has 28 heavy (non-hydrogen) atoms. The van der Waals surface area contributed by atoms with E-state index in [1.807, 2.05) is 6.92 Å². The second-order valence-corrected chi connectivity index (χ2v) is 7.44. The molecule has 0 spiro atoms. The van der Waals surface area contributed by atoms with Crippen LogP contribution in [0.25, 0.3) is 0 Å². The number of aromatic nitrogens is 1. The van der Waals surface area contributed by atoms with Crippen molar-refractivity contribution < 1.29 is 41.4 Å². The van der Waals surface area contributed by atoms with Gasteiger partial charge in [-0.3, -0.25) is 0 Å². The van der Waals surface area contributed by atoms with Gasteiger partial charge in [0.25, 0.3) is 10.0 Å². The highest BCUT2D eigenvalue weighted by atomic mass is 32.2. The Bertz CT molecular complexity index is 963. The summed E-state index contributed by atoms with van der Waals surface area (Å²) in [6.45, 7) is 3.39. The Morgan fingerprint density at radius 1 is 1.11 bits per heavy atom. The first-order chi connectivity index (χ1) is 12.7. The lowest BCUT2D eigenvalue weighted by molar-refractivity contribution is -0.192. The molecule has 1 heterocycles. The number of aryl methyl sites for hydroxylation is 1. The highest BCUT2D eigenvalue weighted by molar-refractivity contribution is 7.90. The molecule has 1 aromatic heterocycles. The number of nitrogens with zero attached hydrogens (tertiary/aromatic N) is 1. The minimum absolute atomic E-state index is 0.0584. The normalized spacial score (nSPS) is 12.6. The van der Waals surface area contributed by atoms with Gasteiger partial charge in [0.15, 0.2) is 0 Å². The van der Waals surface area contributed by atoms with E-state index in [9.17, 15) is 26.4 Å². The van der Waals surface area contributed by atoms with Crippen LogP contribution in [-0.4, -0.2) is 40.7 Å². The maximum Gasteiger partial charge on any atom is 0.490 e. The largest absolute Gasteiger partial charge is 0.490 e. The van der Waals surface area contributed by atoms with Crippen molar-refractivity contribution in [2.24, 2.45) is 5.73 Å². The lowest BCUT2D eigenvalue weighted by atomic mass is 10.1. The van der Waals surface area contributed by atoms with Gasteiger partial charge in [-0.05, 0) is 32.0 Å². The van der Waals surface area contributed by atoms with E-state index in [0.29, 0.717) is 0 Å². The fourth-order valence-electron chi connectivity index (χ4n) is 2.09. The fourth-order valence-corrected chi connectivity index (χ4v) is 3.54. The molecule has 1 atom stereocenters. The van der Waals surface area contributed by atoms with Crippen LogP contribution in [0.3, 0.4) is 0 Å². The van der Waals surface area contributed by atoms with Gasteiger partial charge in [0.1, 0.15) is 0 Å². The number of nitrogens with two attached hydrogens (primary N) is 1. The number of hydrogen-bond donors (Lipinski definition) is 3. The van der Waals surface area contributed by atoms with Crippen molar-refractivity contribution in [3.8, 4) is 0 Å². The molecule has 0 aliphatic rings. The van der Waals surface area contributed by atoms with Crippen LogP contribution in [0, 0.1) is 6.92 Å². The fraction of sp³-hybridized carbons (Fsp3) is 0.250. The van der Waals surface area contributed by atoms with Crippen molar-refractivity contribution in [1.82, 2.24) is 3.97 Å². The molecule has 12 heteroatoms. The molecule has 4 N–H and O–H groups in total. The van der Waals surface area contributed by atoms with Crippen LogP contribution < -0.4 is 5.73 Å². The summed E-state index contributed by atoms with van der Waals surface area (Å²) in [6, 6.07) is 6.84. The molecule has 2 aromatic rings. The van der Waals surface area contributed by atoms with E-state index >= 15 is 0 Å². The van der Waals surface area contributed by atoms with Gasteiger partial charge < -0.3 is 15.9 Å². The van der Waals surface area contributed by atoms with Crippen LogP contribution in [-0.2, 0) is 14.8 Å². The van der Waals surface area contributed by atoms with Gasteiger partial charge in [0.05, 0.1) is 16.2 Å². The Hall–Kier alpha value is -2.86. The number of carbonyl (C=O) groups is 2. The number of benzene rings is 1. The first-order valence-corrected chi connectivity index (χ1v) is 8.96. The van der Waals surface area contributed by atoms with Crippen molar-refractivity contribution in [1.29, 1.82) is 0 Å². The van der Waals surface area contributed by atoms with Crippen LogP contribution in [0.2, 0.25) is 0 Å². The van der Waals surface area contributed by atoms with Crippen molar-refractivity contribution in [3.05, 3.63) is 53.3 Å². The van der Waals surface area contributed by atoms with E-state index in [4.69, 9.17) is 20.7 Å². The molecule has 0 bridgehead atoms. The molecule has 0 saturated heterocycles. The van der Waals surface area contributed by atoms with Gasteiger partial charge in [-0.1, -0.05) is 17.7 Å². The molecule has 0 amide bonds. The Morgan fingerprint density at radius 3 is 1.93 bits per heavy atom. The molecular formula is C16H17F3N2O6S. The van der Waals surface area contributed by atoms with Crippen molar-refractivity contribution in [2.45, 2.75) is 31.0 Å². The Kier molecular flexibility index (Phi) is 6.99. The van der Waals surface area contributed by atoms with Crippen molar-refractivity contribution in [2.75, 3.05) is 0 Å². The Balaban J connectivity index is 0.000000480. The quantitative estimate of drug-likeness (QED) is 0.687. The maximum absolute atomic E-state index is 12.6. The average molecular weight is 422 g/mol. The summed E-state index contributed by atoms with van der Waals surface area (Å²) in [4.78, 5) is 20.2. The molecule has 0 aliphatic heterocycles. The third-order valence-corrected chi connectivity index (χ3v) is 5.08. The van der Waals surface area contributed by atoms with Crippen molar-refractivity contribution >= 4 is 22.0 Å². The molecule has 0 unspecified atom stereocenters. The molecule has 0 aliphatic carbocycles. The van der Waals surface area contributed by atoms with E-state index in [1.54, 1.807) is 19.1 Å². The minimum Gasteiger partial charge on any atom is -0.478 e. The second kappa shape index (κ2) is 8.44. The van der Waals surface area contributed by atoms with Gasteiger partial charge >= 0.3 is 18.1 Å².